The highest BCUT2D eigenvalue weighted by molar-refractivity contribution is 7.18. The minimum absolute atomic E-state index is 0. The van der Waals surface area contributed by atoms with Crippen LogP contribution in [0.3, 0.4) is 0 Å². The van der Waals surface area contributed by atoms with Crippen LogP contribution in [0.25, 0.3) is 21.3 Å². The number of halogens is 1. The molecule has 3 heterocycles. The summed E-state index contributed by atoms with van der Waals surface area (Å²) in [5.41, 5.74) is 6.94. The number of thiazole rings is 1. The molecular weight excluding hydrogens is 328 g/mol. The van der Waals surface area contributed by atoms with Gasteiger partial charge in [0.05, 0.1) is 11.7 Å². The van der Waals surface area contributed by atoms with E-state index in [0.29, 0.717) is 11.7 Å². The molecule has 0 aromatic carbocycles. The number of nitrogens with two attached hydrogens (primary N) is 1. The van der Waals surface area contributed by atoms with Crippen molar-refractivity contribution >= 4 is 35.1 Å². The Morgan fingerprint density at radius 2 is 2.19 bits per heavy atom. The second kappa shape index (κ2) is 5.49. The molecule has 2 N–H and O–H groups in total. The Labute approximate surface area is 135 Å². The van der Waals surface area contributed by atoms with Gasteiger partial charge in [0.25, 0.3) is 5.89 Å². The van der Waals surface area contributed by atoms with Gasteiger partial charge in [-0.05, 0) is 30.7 Å². The van der Waals surface area contributed by atoms with Gasteiger partial charge in [-0.2, -0.15) is 16.3 Å². The maximum atomic E-state index is 6.20. The summed E-state index contributed by atoms with van der Waals surface area (Å²) in [5.74, 6) is 1.12. The van der Waals surface area contributed by atoms with Crippen molar-refractivity contribution in [3.05, 3.63) is 28.8 Å². The quantitative estimate of drug-likeness (QED) is 0.786. The summed E-state index contributed by atoms with van der Waals surface area (Å²) in [4.78, 5) is 9.73. The Hall–Kier alpha value is -1.28. The van der Waals surface area contributed by atoms with Crippen molar-refractivity contribution < 1.29 is 4.52 Å². The molecule has 0 atom stereocenters. The van der Waals surface area contributed by atoms with Gasteiger partial charge in [-0.15, -0.1) is 23.7 Å². The molecule has 8 heteroatoms. The van der Waals surface area contributed by atoms with Crippen LogP contribution >= 0.6 is 35.1 Å². The van der Waals surface area contributed by atoms with E-state index in [0.717, 1.165) is 34.7 Å². The predicted octanol–water partition coefficient (Wildman–Crippen LogP) is 3.68. The van der Waals surface area contributed by atoms with Crippen molar-refractivity contribution in [1.82, 2.24) is 15.1 Å². The van der Waals surface area contributed by atoms with E-state index in [4.69, 9.17) is 10.3 Å². The van der Waals surface area contributed by atoms with Crippen LogP contribution in [0.15, 0.2) is 27.5 Å². The molecule has 110 valence electrons. The monoisotopic (exact) mass is 340 g/mol. The molecule has 0 bridgehead atoms. The van der Waals surface area contributed by atoms with Crippen molar-refractivity contribution in [3.8, 4) is 21.3 Å². The van der Waals surface area contributed by atoms with Gasteiger partial charge in [0.2, 0.25) is 0 Å². The first kappa shape index (κ1) is 14.6. The fourth-order valence-corrected chi connectivity index (χ4v) is 3.75. The normalized spacial score (nSPS) is 16.2. The highest BCUT2D eigenvalue weighted by Gasteiger charge is 2.39. The molecule has 3 aromatic rings. The summed E-state index contributed by atoms with van der Waals surface area (Å²) in [7, 11) is 0. The second-order valence-corrected chi connectivity index (χ2v) is 6.79. The zero-order chi connectivity index (χ0) is 13.6. The molecule has 0 aliphatic heterocycles. The molecular formula is C13H13ClN4OS2. The van der Waals surface area contributed by atoms with Gasteiger partial charge in [0, 0.05) is 10.9 Å². The van der Waals surface area contributed by atoms with Gasteiger partial charge in [-0.3, -0.25) is 0 Å². The predicted molar refractivity (Wildman–Crippen MR) is 85.7 cm³/mol. The minimum Gasteiger partial charge on any atom is -0.333 e. The van der Waals surface area contributed by atoms with Crippen LogP contribution in [-0.4, -0.2) is 15.1 Å². The van der Waals surface area contributed by atoms with Gasteiger partial charge in [0.1, 0.15) is 9.88 Å². The average Bonchev–Trinajstić information content (AvgIpc) is 3.13. The van der Waals surface area contributed by atoms with Crippen LogP contribution in [0.2, 0.25) is 0 Å². The third kappa shape index (κ3) is 2.50. The topological polar surface area (TPSA) is 77.8 Å². The Morgan fingerprint density at radius 1 is 1.33 bits per heavy atom. The maximum Gasteiger partial charge on any atom is 0.269 e. The van der Waals surface area contributed by atoms with E-state index in [2.05, 4.69) is 26.6 Å². The van der Waals surface area contributed by atoms with Gasteiger partial charge in [0.15, 0.2) is 5.82 Å². The highest BCUT2D eigenvalue weighted by Crippen LogP contribution is 2.38. The van der Waals surface area contributed by atoms with Crippen molar-refractivity contribution in [3.63, 3.8) is 0 Å². The molecule has 1 saturated carbocycles. The smallest absolute Gasteiger partial charge is 0.269 e. The van der Waals surface area contributed by atoms with E-state index in [1.165, 1.54) is 0 Å². The maximum absolute atomic E-state index is 6.20. The van der Waals surface area contributed by atoms with Crippen LogP contribution in [0, 0.1) is 0 Å². The first-order chi connectivity index (χ1) is 9.74. The SMILES string of the molecule is Cl.NC1(c2noc(-c3cnc(-c4ccsc4)s3)n2)CCC1. The van der Waals surface area contributed by atoms with E-state index in [-0.39, 0.29) is 17.9 Å². The van der Waals surface area contributed by atoms with Gasteiger partial charge < -0.3 is 10.3 Å². The Morgan fingerprint density at radius 3 is 2.86 bits per heavy atom. The minimum atomic E-state index is -0.386. The lowest BCUT2D eigenvalue weighted by atomic mass is 9.77. The van der Waals surface area contributed by atoms with E-state index >= 15 is 0 Å². The number of thiophene rings is 1. The van der Waals surface area contributed by atoms with Crippen LogP contribution in [0.4, 0.5) is 0 Å². The fourth-order valence-electron chi connectivity index (χ4n) is 2.20. The lowest BCUT2D eigenvalue weighted by Crippen LogP contribution is -2.44. The second-order valence-electron chi connectivity index (χ2n) is 4.97. The van der Waals surface area contributed by atoms with Gasteiger partial charge >= 0.3 is 0 Å². The molecule has 1 aliphatic rings. The van der Waals surface area contributed by atoms with E-state index in [9.17, 15) is 0 Å². The van der Waals surface area contributed by atoms with Crippen molar-refractivity contribution in [2.45, 2.75) is 24.8 Å². The van der Waals surface area contributed by atoms with Crippen molar-refractivity contribution in [2.24, 2.45) is 5.73 Å². The van der Waals surface area contributed by atoms with E-state index in [1.54, 1.807) is 28.9 Å². The molecule has 1 aliphatic carbocycles. The molecule has 5 nitrogen and oxygen atoms in total. The highest BCUT2D eigenvalue weighted by atomic mass is 35.5. The Kier molecular flexibility index (Phi) is 3.83. The van der Waals surface area contributed by atoms with Crippen molar-refractivity contribution in [2.75, 3.05) is 0 Å². The largest absolute Gasteiger partial charge is 0.333 e. The number of hydrogen-bond acceptors (Lipinski definition) is 7. The van der Waals surface area contributed by atoms with Gasteiger partial charge in [-0.1, -0.05) is 5.16 Å². The zero-order valence-corrected chi connectivity index (χ0v) is 13.4. The molecule has 0 radical (unpaired) electrons. The molecule has 21 heavy (non-hydrogen) atoms. The first-order valence-corrected chi connectivity index (χ1v) is 8.12. The number of aromatic nitrogens is 3. The third-order valence-electron chi connectivity index (χ3n) is 3.60. The van der Waals surface area contributed by atoms with Crippen LogP contribution in [0.1, 0.15) is 25.1 Å². The van der Waals surface area contributed by atoms with Crippen LogP contribution in [0.5, 0.6) is 0 Å². The summed E-state index contributed by atoms with van der Waals surface area (Å²) < 4.78 is 5.34. The lowest BCUT2D eigenvalue weighted by molar-refractivity contribution is 0.229. The fraction of sp³-hybridized carbons (Fsp3) is 0.308. The van der Waals surface area contributed by atoms with E-state index < -0.39 is 0 Å². The summed E-state index contributed by atoms with van der Waals surface area (Å²) in [5, 5.41) is 9.11. The van der Waals surface area contributed by atoms with Crippen molar-refractivity contribution in [1.29, 1.82) is 0 Å². The summed E-state index contributed by atoms with van der Waals surface area (Å²) in [6.45, 7) is 0. The lowest BCUT2D eigenvalue weighted by Gasteiger charge is -2.34. The molecule has 0 saturated heterocycles. The molecule has 1 fully saturated rings. The first-order valence-electron chi connectivity index (χ1n) is 6.36. The molecule has 4 rings (SSSR count). The molecule has 0 unspecified atom stereocenters. The van der Waals surface area contributed by atoms with E-state index in [1.807, 2.05) is 5.38 Å². The number of nitrogens with zero attached hydrogens (tertiary/aromatic N) is 3. The Balaban J connectivity index is 0.00000132. The summed E-state index contributed by atoms with van der Waals surface area (Å²) in [6, 6.07) is 2.05. The zero-order valence-electron chi connectivity index (χ0n) is 11.0. The molecule has 0 spiro atoms. The third-order valence-corrected chi connectivity index (χ3v) is 5.32. The van der Waals surface area contributed by atoms with Crippen LogP contribution < -0.4 is 5.73 Å². The molecule has 3 aromatic heterocycles. The van der Waals surface area contributed by atoms with Gasteiger partial charge in [-0.25, -0.2) is 4.98 Å². The molecule has 0 amide bonds. The summed E-state index contributed by atoms with van der Waals surface area (Å²) in [6.07, 6.45) is 4.76. The average molecular weight is 341 g/mol. The Bertz CT molecular complexity index is 733. The summed E-state index contributed by atoms with van der Waals surface area (Å²) >= 11 is 3.21. The van der Waals surface area contributed by atoms with Crippen LogP contribution in [-0.2, 0) is 5.54 Å². The standard InChI is InChI=1S/C13H12N4OS2.ClH/c14-13(3-1-4-13)12-16-10(18-17-12)9-6-15-11(20-9)8-2-5-19-7-8;/h2,5-7H,1,3-4,14H2;1H. The number of hydrogen-bond donors (Lipinski definition) is 1. The number of rotatable bonds is 3.